The van der Waals surface area contributed by atoms with Gasteiger partial charge in [-0.1, -0.05) is 18.2 Å². The molecule has 0 fully saturated rings. The Hall–Kier alpha value is -2.04. The number of hydrogen-bond donors (Lipinski definition) is 2. The van der Waals surface area contributed by atoms with Crippen molar-refractivity contribution in [3.05, 3.63) is 30.3 Å². The van der Waals surface area contributed by atoms with Crippen molar-refractivity contribution >= 4 is 12.0 Å². The lowest BCUT2D eigenvalue weighted by atomic mass is 10.3. The molecule has 1 aromatic rings. The third-order valence-electron chi connectivity index (χ3n) is 1.67. The second-order valence-corrected chi connectivity index (χ2v) is 2.96. The van der Waals surface area contributed by atoms with Crippen molar-refractivity contribution < 1.29 is 14.3 Å². The lowest BCUT2D eigenvalue weighted by Crippen LogP contribution is -2.43. The van der Waals surface area contributed by atoms with Gasteiger partial charge in [-0.2, -0.15) is 0 Å². The number of esters is 1. The summed E-state index contributed by atoms with van der Waals surface area (Å²) in [5.41, 5.74) is 4.87. The largest absolute Gasteiger partial charge is 0.425 e. The van der Waals surface area contributed by atoms with Gasteiger partial charge in [0.2, 0.25) is 0 Å². The third-order valence-corrected chi connectivity index (χ3v) is 1.67. The van der Waals surface area contributed by atoms with Gasteiger partial charge in [0.1, 0.15) is 11.8 Å². The molecule has 0 aromatic heterocycles. The Labute approximate surface area is 87.2 Å². The van der Waals surface area contributed by atoms with Crippen LogP contribution in [0.2, 0.25) is 0 Å². The number of carbonyl (C=O) groups is 2. The summed E-state index contributed by atoms with van der Waals surface area (Å²) in [7, 11) is 0. The number of rotatable bonds is 3. The molecule has 0 saturated carbocycles. The van der Waals surface area contributed by atoms with E-state index in [1.807, 2.05) is 6.07 Å². The minimum atomic E-state index is -0.761. The van der Waals surface area contributed by atoms with Crippen LogP contribution in [0.1, 0.15) is 6.92 Å². The summed E-state index contributed by atoms with van der Waals surface area (Å²) in [5.74, 6) is -0.124. The number of carbonyl (C=O) groups excluding carboxylic acids is 2. The molecule has 3 N–H and O–H groups in total. The molecule has 80 valence electrons. The zero-order chi connectivity index (χ0) is 11.3. The van der Waals surface area contributed by atoms with Crippen molar-refractivity contribution in [3.63, 3.8) is 0 Å². The zero-order valence-electron chi connectivity index (χ0n) is 8.27. The number of hydrogen-bond acceptors (Lipinski definition) is 3. The highest BCUT2D eigenvalue weighted by Crippen LogP contribution is 2.08. The van der Waals surface area contributed by atoms with E-state index in [0.29, 0.717) is 5.75 Å². The number of ether oxygens (including phenoxy) is 1. The number of para-hydroxylation sites is 1. The second-order valence-electron chi connectivity index (χ2n) is 2.96. The summed E-state index contributed by atoms with van der Waals surface area (Å²) in [6.07, 6.45) is 0. The van der Waals surface area contributed by atoms with Crippen molar-refractivity contribution in [2.75, 3.05) is 0 Å². The Kier molecular flexibility index (Phi) is 3.68. The van der Waals surface area contributed by atoms with Crippen molar-refractivity contribution in [1.29, 1.82) is 0 Å². The molecule has 0 unspecified atom stereocenters. The maximum Gasteiger partial charge on any atom is 0.333 e. The Bertz CT molecular complexity index is 351. The molecule has 0 spiro atoms. The Balaban J connectivity index is 2.52. The molecule has 1 atom stereocenters. The molecule has 0 heterocycles. The van der Waals surface area contributed by atoms with E-state index in [-0.39, 0.29) is 0 Å². The van der Waals surface area contributed by atoms with Crippen molar-refractivity contribution in [3.8, 4) is 5.75 Å². The van der Waals surface area contributed by atoms with Crippen molar-refractivity contribution in [1.82, 2.24) is 5.32 Å². The van der Waals surface area contributed by atoms with Gasteiger partial charge >= 0.3 is 12.0 Å². The average Bonchev–Trinajstić information content (AvgIpc) is 2.18. The third kappa shape index (κ3) is 3.68. The van der Waals surface area contributed by atoms with Crippen LogP contribution in [0.5, 0.6) is 5.75 Å². The van der Waals surface area contributed by atoms with Gasteiger partial charge in [0.05, 0.1) is 0 Å². The maximum atomic E-state index is 11.4. The van der Waals surface area contributed by atoms with Crippen LogP contribution in [0.3, 0.4) is 0 Å². The summed E-state index contributed by atoms with van der Waals surface area (Å²) < 4.78 is 4.97. The van der Waals surface area contributed by atoms with Crippen LogP contribution in [-0.2, 0) is 4.79 Å². The van der Waals surface area contributed by atoms with Gasteiger partial charge in [-0.05, 0) is 19.1 Å². The fourth-order valence-electron chi connectivity index (χ4n) is 0.965. The Morgan fingerprint density at radius 3 is 2.47 bits per heavy atom. The first-order chi connectivity index (χ1) is 7.09. The van der Waals surface area contributed by atoms with Crippen LogP contribution in [0.4, 0.5) is 4.79 Å². The molecule has 2 amide bonds. The van der Waals surface area contributed by atoms with E-state index < -0.39 is 18.0 Å². The number of primary amides is 1. The number of amides is 2. The van der Waals surface area contributed by atoms with Gasteiger partial charge in [-0.15, -0.1) is 0 Å². The second kappa shape index (κ2) is 4.99. The minimum Gasteiger partial charge on any atom is -0.425 e. The fraction of sp³-hybridized carbons (Fsp3) is 0.200. The quantitative estimate of drug-likeness (QED) is 0.565. The molecule has 0 aliphatic heterocycles. The van der Waals surface area contributed by atoms with Gasteiger partial charge < -0.3 is 15.8 Å². The highest BCUT2D eigenvalue weighted by molar-refractivity contribution is 5.83. The first-order valence-electron chi connectivity index (χ1n) is 4.42. The molecule has 5 heteroatoms. The molecule has 0 saturated heterocycles. The van der Waals surface area contributed by atoms with Crippen LogP contribution >= 0.6 is 0 Å². The molecular weight excluding hydrogens is 196 g/mol. The van der Waals surface area contributed by atoms with Crippen LogP contribution in [0, 0.1) is 0 Å². The molecule has 0 aliphatic carbocycles. The van der Waals surface area contributed by atoms with Gasteiger partial charge in [0.25, 0.3) is 0 Å². The number of nitrogens with one attached hydrogen (secondary N) is 1. The molecular formula is C10H12N2O3. The van der Waals surface area contributed by atoms with Gasteiger partial charge in [-0.3, -0.25) is 0 Å². The van der Waals surface area contributed by atoms with E-state index in [4.69, 9.17) is 10.5 Å². The lowest BCUT2D eigenvalue weighted by molar-refractivity contribution is -0.136. The topological polar surface area (TPSA) is 81.4 Å². The smallest absolute Gasteiger partial charge is 0.333 e. The van der Waals surface area contributed by atoms with Crippen LogP contribution in [0.25, 0.3) is 0 Å². The standard InChI is InChI=1S/C10H12N2O3/c1-7(12-10(11)14)9(13)15-8-5-3-2-4-6-8/h2-7H,1H3,(H3,11,12,14)/t7-/m0/s1. The lowest BCUT2D eigenvalue weighted by Gasteiger charge is -2.10. The molecule has 15 heavy (non-hydrogen) atoms. The van der Waals surface area contributed by atoms with E-state index in [1.165, 1.54) is 6.92 Å². The van der Waals surface area contributed by atoms with Gasteiger partial charge in [-0.25, -0.2) is 9.59 Å². The highest BCUT2D eigenvalue weighted by Gasteiger charge is 2.15. The monoisotopic (exact) mass is 208 g/mol. The normalized spacial score (nSPS) is 11.5. The molecule has 5 nitrogen and oxygen atoms in total. The van der Waals surface area contributed by atoms with E-state index >= 15 is 0 Å². The molecule has 1 rings (SSSR count). The summed E-state index contributed by atoms with van der Waals surface area (Å²) >= 11 is 0. The first kappa shape index (κ1) is 11.0. The van der Waals surface area contributed by atoms with Crippen LogP contribution in [0.15, 0.2) is 30.3 Å². The zero-order valence-corrected chi connectivity index (χ0v) is 8.27. The van der Waals surface area contributed by atoms with E-state index in [2.05, 4.69) is 5.32 Å². The summed E-state index contributed by atoms with van der Waals surface area (Å²) in [4.78, 5) is 21.8. The van der Waals surface area contributed by atoms with E-state index in [1.54, 1.807) is 24.3 Å². The SMILES string of the molecule is C[C@H](NC(N)=O)C(=O)Oc1ccccc1. The van der Waals surface area contributed by atoms with Crippen LogP contribution < -0.4 is 15.8 Å². The first-order valence-corrected chi connectivity index (χ1v) is 4.42. The van der Waals surface area contributed by atoms with Gasteiger partial charge in [0.15, 0.2) is 0 Å². The average molecular weight is 208 g/mol. The van der Waals surface area contributed by atoms with E-state index in [0.717, 1.165) is 0 Å². The predicted octanol–water partition coefficient (Wildman–Crippen LogP) is 0.649. The minimum absolute atomic E-state index is 0.431. The fourth-order valence-corrected chi connectivity index (χ4v) is 0.965. The van der Waals surface area contributed by atoms with Crippen molar-refractivity contribution in [2.24, 2.45) is 5.73 Å². The summed E-state index contributed by atoms with van der Waals surface area (Å²) in [6, 6.07) is 7.07. The Morgan fingerprint density at radius 2 is 1.93 bits per heavy atom. The Morgan fingerprint density at radius 1 is 1.33 bits per heavy atom. The van der Waals surface area contributed by atoms with E-state index in [9.17, 15) is 9.59 Å². The molecule has 0 radical (unpaired) electrons. The van der Waals surface area contributed by atoms with Crippen LogP contribution in [-0.4, -0.2) is 18.0 Å². The summed E-state index contributed by atoms with van der Waals surface area (Å²) in [6.45, 7) is 1.50. The predicted molar refractivity (Wildman–Crippen MR) is 54.3 cm³/mol. The summed E-state index contributed by atoms with van der Waals surface area (Å²) in [5, 5.41) is 2.23. The van der Waals surface area contributed by atoms with Gasteiger partial charge in [0, 0.05) is 0 Å². The molecule has 1 aromatic carbocycles. The molecule has 0 bridgehead atoms. The van der Waals surface area contributed by atoms with Crippen molar-refractivity contribution in [2.45, 2.75) is 13.0 Å². The number of urea groups is 1. The molecule has 0 aliphatic rings. The number of benzene rings is 1. The highest BCUT2D eigenvalue weighted by atomic mass is 16.5. The number of nitrogens with two attached hydrogens (primary N) is 1. The maximum absolute atomic E-state index is 11.4.